The number of halogens is 1. The van der Waals surface area contributed by atoms with Gasteiger partial charge < -0.3 is 10.3 Å². The molecule has 0 spiro atoms. The van der Waals surface area contributed by atoms with Crippen LogP contribution in [0.2, 0.25) is 0 Å². The molecule has 3 rings (SSSR count). The number of sulfonamides is 1. The first-order valence-corrected chi connectivity index (χ1v) is 10.8. The molecule has 30 heavy (non-hydrogen) atoms. The number of nitriles is 1. The molecule has 0 saturated heterocycles. The van der Waals surface area contributed by atoms with Crippen LogP contribution in [0.3, 0.4) is 0 Å². The molecule has 6 nitrogen and oxygen atoms in total. The number of allylic oxidation sites excluding steroid dienone is 1. The zero-order chi connectivity index (χ0) is 22.1. The number of rotatable bonds is 6. The van der Waals surface area contributed by atoms with Crippen molar-refractivity contribution >= 4 is 20.9 Å². The zero-order valence-electron chi connectivity index (χ0n) is 17.2. The lowest BCUT2D eigenvalue weighted by Crippen LogP contribution is -2.49. The highest BCUT2D eigenvalue weighted by Crippen LogP contribution is 2.36. The maximum atomic E-state index is 14.3. The fourth-order valence-electron chi connectivity index (χ4n) is 3.51. The molecule has 156 valence electrons. The van der Waals surface area contributed by atoms with E-state index in [0.29, 0.717) is 17.7 Å². The SMILES string of the molecule is Cc1c(-c2cccc(S(=O)(=O)N(C)C)c2)c2cc(C#N)ccc2n1C/C(F)=C/C[NH3+]. The molecule has 3 N–H and O–H groups in total. The zero-order valence-corrected chi connectivity index (χ0v) is 18.0. The first-order valence-electron chi connectivity index (χ1n) is 9.40. The summed E-state index contributed by atoms with van der Waals surface area (Å²) in [7, 11) is -0.643. The van der Waals surface area contributed by atoms with Crippen LogP contribution in [-0.2, 0) is 16.6 Å². The summed E-state index contributed by atoms with van der Waals surface area (Å²) in [6, 6.07) is 14.0. The Morgan fingerprint density at radius 2 is 2.00 bits per heavy atom. The summed E-state index contributed by atoms with van der Waals surface area (Å²) in [4.78, 5) is 0.171. The van der Waals surface area contributed by atoms with Gasteiger partial charge >= 0.3 is 0 Å². The van der Waals surface area contributed by atoms with Crippen molar-refractivity contribution in [2.45, 2.75) is 18.4 Å². The van der Waals surface area contributed by atoms with Crippen LogP contribution in [0.1, 0.15) is 11.3 Å². The summed E-state index contributed by atoms with van der Waals surface area (Å²) in [6.45, 7) is 2.26. The molecule has 0 atom stereocenters. The molecule has 1 heterocycles. The Morgan fingerprint density at radius 1 is 1.27 bits per heavy atom. The number of fused-ring (bicyclic) bond motifs is 1. The maximum Gasteiger partial charge on any atom is 0.242 e. The predicted molar refractivity (Wildman–Crippen MR) is 115 cm³/mol. The van der Waals surface area contributed by atoms with Crippen LogP contribution in [0, 0.1) is 18.3 Å². The minimum absolute atomic E-state index is 0.0411. The Hall–Kier alpha value is -2.99. The monoisotopic (exact) mass is 427 g/mol. The molecule has 1 aromatic heterocycles. The molecule has 0 saturated carbocycles. The van der Waals surface area contributed by atoms with E-state index in [0.717, 1.165) is 26.5 Å². The Bertz CT molecular complexity index is 1280. The van der Waals surface area contributed by atoms with E-state index in [-0.39, 0.29) is 17.3 Å². The quantitative estimate of drug-likeness (QED) is 0.655. The van der Waals surface area contributed by atoms with E-state index in [1.54, 1.807) is 36.4 Å². The highest BCUT2D eigenvalue weighted by atomic mass is 32.2. The Morgan fingerprint density at radius 3 is 2.63 bits per heavy atom. The molecule has 0 bridgehead atoms. The summed E-state index contributed by atoms with van der Waals surface area (Å²) >= 11 is 0. The summed E-state index contributed by atoms with van der Waals surface area (Å²) in [5.74, 6) is -0.301. The average Bonchev–Trinajstić information content (AvgIpc) is 2.98. The van der Waals surface area contributed by atoms with Gasteiger partial charge in [0.1, 0.15) is 5.83 Å². The fraction of sp³-hybridized carbons (Fsp3) is 0.227. The lowest BCUT2D eigenvalue weighted by Gasteiger charge is -2.13. The molecule has 0 amide bonds. The molecule has 0 aliphatic carbocycles. The number of hydrogen-bond acceptors (Lipinski definition) is 3. The third kappa shape index (κ3) is 3.87. The summed E-state index contributed by atoms with van der Waals surface area (Å²) in [5.41, 5.74) is 7.16. The van der Waals surface area contributed by atoms with Crippen LogP contribution in [0.15, 0.2) is 59.3 Å². The molecule has 3 aromatic rings. The van der Waals surface area contributed by atoms with E-state index in [1.165, 1.54) is 20.2 Å². The molecule has 0 unspecified atom stereocenters. The molecule has 2 aromatic carbocycles. The van der Waals surface area contributed by atoms with E-state index in [4.69, 9.17) is 0 Å². The van der Waals surface area contributed by atoms with Crippen LogP contribution in [0.4, 0.5) is 4.39 Å². The summed E-state index contributed by atoms with van der Waals surface area (Å²) in [5, 5.41) is 10.1. The first kappa shape index (κ1) is 21.7. The largest absolute Gasteiger partial charge is 0.354 e. The fourth-order valence-corrected chi connectivity index (χ4v) is 4.46. The number of quaternary nitrogens is 1. The van der Waals surface area contributed by atoms with Crippen molar-refractivity contribution in [3.8, 4) is 17.2 Å². The van der Waals surface area contributed by atoms with Crippen molar-refractivity contribution < 1.29 is 18.5 Å². The lowest BCUT2D eigenvalue weighted by atomic mass is 10.0. The second-order valence-electron chi connectivity index (χ2n) is 7.15. The Balaban J connectivity index is 2.30. The third-order valence-electron chi connectivity index (χ3n) is 5.03. The number of hydrogen-bond donors (Lipinski definition) is 1. The van der Waals surface area contributed by atoms with E-state index in [2.05, 4.69) is 11.8 Å². The van der Waals surface area contributed by atoms with Crippen LogP contribution >= 0.6 is 0 Å². The smallest absolute Gasteiger partial charge is 0.242 e. The van der Waals surface area contributed by atoms with E-state index in [9.17, 15) is 18.1 Å². The van der Waals surface area contributed by atoms with E-state index < -0.39 is 10.0 Å². The second-order valence-corrected chi connectivity index (χ2v) is 9.30. The highest BCUT2D eigenvalue weighted by Gasteiger charge is 2.21. The molecule has 0 radical (unpaired) electrons. The average molecular weight is 428 g/mol. The normalized spacial score (nSPS) is 12.5. The van der Waals surface area contributed by atoms with Gasteiger partial charge in [-0.3, -0.25) is 0 Å². The Labute approximate surface area is 175 Å². The van der Waals surface area contributed by atoms with Crippen molar-refractivity contribution in [2.24, 2.45) is 0 Å². The van der Waals surface area contributed by atoms with Crippen LogP contribution in [-0.4, -0.2) is 37.9 Å². The third-order valence-corrected chi connectivity index (χ3v) is 6.84. The van der Waals surface area contributed by atoms with E-state index >= 15 is 0 Å². The van der Waals surface area contributed by atoms with Crippen molar-refractivity contribution in [1.29, 1.82) is 5.26 Å². The minimum atomic E-state index is -3.61. The van der Waals surface area contributed by atoms with Gasteiger partial charge in [-0.2, -0.15) is 5.26 Å². The minimum Gasteiger partial charge on any atom is -0.354 e. The van der Waals surface area contributed by atoms with Gasteiger partial charge in [-0.1, -0.05) is 12.1 Å². The van der Waals surface area contributed by atoms with Crippen molar-refractivity contribution in [2.75, 3.05) is 20.6 Å². The van der Waals surface area contributed by atoms with Gasteiger partial charge in [-0.25, -0.2) is 17.1 Å². The van der Waals surface area contributed by atoms with Crippen molar-refractivity contribution in [3.05, 3.63) is 65.6 Å². The molecule has 0 aliphatic rings. The summed E-state index contributed by atoms with van der Waals surface area (Å²) in [6.07, 6.45) is 1.43. The topological polar surface area (TPSA) is 93.7 Å². The van der Waals surface area contributed by atoms with Gasteiger partial charge in [0, 0.05) is 42.3 Å². The van der Waals surface area contributed by atoms with Gasteiger partial charge in [0.25, 0.3) is 0 Å². The number of benzene rings is 2. The van der Waals surface area contributed by atoms with Gasteiger partial charge in [-0.05, 0) is 42.8 Å². The van der Waals surface area contributed by atoms with Crippen LogP contribution in [0.5, 0.6) is 0 Å². The molecule has 0 fully saturated rings. The van der Waals surface area contributed by atoms with Crippen molar-refractivity contribution in [3.63, 3.8) is 0 Å². The van der Waals surface area contributed by atoms with Crippen LogP contribution in [0.25, 0.3) is 22.0 Å². The summed E-state index contributed by atoms with van der Waals surface area (Å²) < 4.78 is 42.5. The highest BCUT2D eigenvalue weighted by molar-refractivity contribution is 7.89. The lowest BCUT2D eigenvalue weighted by molar-refractivity contribution is -0.353. The van der Waals surface area contributed by atoms with Gasteiger partial charge in [0.15, 0.2) is 0 Å². The molecule has 8 heteroatoms. The molecular formula is C22H24FN4O2S+. The standard InChI is InChI=1S/C22H23FN4O2S/c1-15-22(17-5-4-6-19(12-17)30(28,29)26(2)3)20-11-16(13-25)7-8-21(20)27(15)14-18(23)9-10-24/h4-9,11-12H,10,14,24H2,1-3H3/p+1/b18-9-. The second kappa shape index (κ2) is 8.40. The number of nitrogens with zero attached hydrogens (tertiary/aromatic N) is 3. The predicted octanol–water partition coefficient (Wildman–Crippen LogP) is 2.83. The molecule has 0 aliphatic heterocycles. The maximum absolute atomic E-state index is 14.3. The van der Waals surface area contributed by atoms with Crippen molar-refractivity contribution in [1.82, 2.24) is 8.87 Å². The van der Waals surface area contributed by atoms with Gasteiger partial charge in [0.05, 0.1) is 29.6 Å². The van der Waals surface area contributed by atoms with Gasteiger partial charge in [0.2, 0.25) is 10.0 Å². The van der Waals surface area contributed by atoms with E-state index in [1.807, 2.05) is 17.6 Å². The van der Waals surface area contributed by atoms with Crippen LogP contribution < -0.4 is 5.73 Å². The first-order chi connectivity index (χ1) is 14.2. The Kier molecular flexibility index (Phi) is 6.08. The number of aromatic nitrogens is 1. The van der Waals surface area contributed by atoms with Gasteiger partial charge in [-0.15, -0.1) is 0 Å². The molecular weight excluding hydrogens is 403 g/mol.